The third-order valence-corrected chi connectivity index (χ3v) is 3.27. The lowest BCUT2D eigenvalue weighted by Crippen LogP contribution is -2.24. The normalized spacial score (nSPS) is 14.6. The summed E-state index contributed by atoms with van der Waals surface area (Å²) in [6.07, 6.45) is 0. The highest BCUT2D eigenvalue weighted by atomic mass is 19.1. The minimum atomic E-state index is -0.969. The quantitative estimate of drug-likeness (QED) is 0.794. The van der Waals surface area contributed by atoms with E-state index in [-0.39, 0.29) is 17.5 Å². The van der Waals surface area contributed by atoms with E-state index in [9.17, 15) is 14.3 Å². The van der Waals surface area contributed by atoms with Crippen molar-refractivity contribution in [1.29, 1.82) is 0 Å². The fourth-order valence-corrected chi connectivity index (χ4v) is 1.85. The second-order valence-electron chi connectivity index (χ2n) is 4.66. The molecule has 0 radical (unpaired) electrons. The third-order valence-electron chi connectivity index (χ3n) is 3.27. The lowest BCUT2D eigenvalue weighted by atomic mass is 9.80. The molecule has 3 nitrogen and oxygen atoms in total. The standard InChI is InChI=1S/C13H18FNO2/c1-7(2)8(3)11(13(16)17)9-5-4-6-10(14)12(9)15/h4-8,11H,15H2,1-3H3,(H,16,17). The number of nitrogens with two attached hydrogens (primary N) is 1. The second-order valence-corrected chi connectivity index (χ2v) is 4.66. The molecule has 17 heavy (non-hydrogen) atoms. The third kappa shape index (κ3) is 2.75. The number of carbonyl (C=O) groups is 1. The molecule has 0 aliphatic rings. The molecule has 0 fully saturated rings. The predicted molar refractivity (Wildman–Crippen MR) is 65.2 cm³/mol. The summed E-state index contributed by atoms with van der Waals surface area (Å²) in [7, 11) is 0. The summed E-state index contributed by atoms with van der Waals surface area (Å²) in [6, 6.07) is 4.30. The summed E-state index contributed by atoms with van der Waals surface area (Å²) < 4.78 is 13.3. The smallest absolute Gasteiger partial charge is 0.311 e. The van der Waals surface area contributed by atoms with Gasteiger partial charge in [0.15, 0.2) is 0 Å². The van der Waals surface area contributed by atoms with Crippen LogP contribution in [0.4, 0.5) is 10.1 Å². The molecule has 94 valence electrons. The van der Waals surface area contributed by atoms with E-state index in [0.29, 0.717) is 5.56 Å². The van der Waals surface area contributed by atoms with Crippen molar-refractivity contribution in [2.75, 3.05) is 5.73 Å². The van der Waals surface area contributed by atoms with Gasteiger partial charge in [-0.1, -0.05) is 32.9 Å². The van der Waals surface area contributed by atoms with Gasteiger partial charge in [-0.15, -0.1) is 0 Å². The van der Waals surface area contributed by atoms with Crippen LogP contribution in [0, 0.1) is 17.7 Å². The Morgan fingerprint density at radius 3 is 2.41 bits per heavy atom. The number of rotatable bonds is 4. The molecular formula is C13H18FNO2. The van der Waals surface area contributed by atoms with Crippen LogP contribution in [0.2, 0.25) is 0 Å². The van der Waals surface area contributed by atoms with Crippen LogP contribution in [-0.2, 0) is 4.79 Å². The zero-order chi connectivity index (χ0) is 13.2. The number of hydrogen-bond acceptors (Lipinski definition) is 2. The molecule has 1 aromatic rings. The first-order valence-electron chi connectivity index (χ1n) is 5.63. The van der Waals surface area contributed by atoms with E-state index in [4.69, 9.17) is 5.73 Å². The molecule has 1 rings (SSSR count). The highest BCUT2D eigenvalue weighted by Gasteiger charge is 2.30. The summed E-state index contributed by atoms with van der Waals surface area (Å²) in [4.78, 5) is 11.3. The summed E-state index contributed by atoms with van der Waals surface area (Å²) in [5, 5.41) is 9.28. The number of carboxylic acid groups (broad SMARTS) is 1. The Morgan fingerprint density at radius 1 is 1.35 bits per heavy atom. The van der Waals surface area contributed by atoms with Gasteiger partial charge in [-0.3, -0.25) is 4.79 Å². The Bertz CT molecular complexity index is 418. The fourth-order valence-electron chi connectivity index (χ4n) is 1.85. The maximum Gasteiger partial charge on any atom is 0.311 e. The van der Waals surface area contributed by atoms with Gasteiger partial charge in [0, 0.05) is 0 Å². The van der Waals surface area contributed by atoms with Gasteiger partial charge in [-0.05, 0) is 23.5 Å². The van der Waals surface area contributed by atoms with Crippen LogP contribution in [0.15, 0.2) is 18.2 Å². The van der Waals surface area contributed by atoms with Crippen LogP contribution in [0.1, 0.15) is 32.3 Å². The number of carboxylic acids is 1. The zero-order valence-corrected chi connectivity index (χ0v) is 10.3. The van der Waals surface area contributed by atoms with E-state index in [1.54, 1.807) is 6.07 Å². The Balaban J connectivity index is 3.24. The molecular weight excluding hydrogens is 221 g/mol. The minimum absolute atomic E-state index is 0.0626. The van der Waals surface area contributed by atoms with Gasteiger partial charge in [-0.25, -0.2) is 4.39 Å². The van der Waals surface area contributed by atoms with E-state index in [1.165, 1.54) is 12.1 Å². The highest BCUT2D eigenvalue weighted by molar-refractivity contribution is 5.79. The van der Waals surface area contributed by atoms with E-state index in [1.807, 2.05) is 20.8 Å². The SMILES string of the molecule is CC(C)C(C)C(C(=O)O)c1cccc(F)c1N. The van der Waals surface area contributed by atoms with Crippen molar-refractivity contribution >= 4 is 11.7 Å². The Labute approximate surface area is 100 Å². The molecule has 3 N–H and O–H groups in total. The molecule has 0 aromatic heterocycles. The minimum Gasteiger partial charge on any atom is -0.481 e. The number of para-hydroxylation sites is 1. The lowest BCUT2D eigenvalue weighted by molar-refractivity contribution is -0.140. The average Bonchev–Trinajstić information content (AvgIpc) is 2.23. The number of nitrogen functional groups attached to an aromatic ring is 1. The molecule has 0 amide bonds. The molecule has 0 aliphatic heterocycles. The Morgan fingerprint density at radius 2 is 1.94 bits per heavy atom. The summed E-state index contributed by atoms with van der Waals surface area (Å²) in [5.74, 6) is -2.24. The number of anilines is 1. The van der Waals surface area contributed by atoms with Crippen LogP contribution in [0.25, 0.3) is 0 Å². The number of halogens is 1. The van der Waals surface area contributed by atoms with E-state index in [0.717, 1.165) is 0 Å². The van der Waals surface area contributed by atoms with E-state index >= 15 is 0 Å². The summed E-state index contributed by atoms with van der Waals surface area (Å²) >= 11 is 0. The molecule has 0 spiro atoms. The van der Waals surface area contributed by atoms with Gasteiger partial charge < -0.3 is 10.8 Å². The van der Waals surface area contributed by atoms with Crippen LogP contribution in [0.5, 0.6) is 0 Å². The molecule has 1 aromatic carbocycles. The number of aliphatic carboxylic acids is 1. The summed E-state index contributed by atoms with van der Waals surface area (Å²) in [5.41, 5.74) is 5.92. The van der Waals surface area contributed by atoms with Crippen LogP contribution in [-0.4, -0.2) is 11.1 Å². The topological polar surface area (TPSA) is 63.3 Å². The fraction of sp³-hybridized carbons (Fsp3) is 0.462. The van der Waals surface area contributed by atoms with Crippen molar-refractivity contribution in [3.05, 3.63) is 29.6 Å². The van der Waals surface area contributed by atoms with Gasteiger partial charge in [-0.2, -0.15) is 0 Å². The van der Waals surface area contributed by atoms with Crippen LogP contribution in [0.3, 0.4) is 0 Å². The lowest BCUT2D eigenvalue weighted by Gasteiger charge is -2.25. The Hall–Kier alpha value is -1.58. The highest BCUT2D eigenvalue weighted by Crippen LogP contribution is 2.34. The first-order valence-corrected chi connectivity index (χ1v) is 5.63. The monoisotopic (exact) mass is 239 g/mol. The molecule has 4 heteroatoms. The molecule has 2 unspecified atom stereocenters. The van der Waals surface area contributed by atoms with Crippen molar-refractivity contribution in [1.82, 2.24) is 0 Å². The van der Waals surface area contributed by atoms with E-state index in [2.05, 4.69) is 0 Å². The Kier molecular flexibility index (Phi) is 4.10. The summed E-state index contributed by atoms with van der Waals surface area (Å²) in [6.45, 7) is 5.72. The average molecular weight is 239 g/mol. The first kappa shape index (κ1) is 13.5. The van der Waals surface area contributed by atoms with E-state index < -0.39 is 17.7 Å². The largest absolute Gasteiger partial charge is 0.481 e. The van der Waals surface area contributed by atoms with Gasteiger partial charge in [0.25, 0.3) is 0 Å². The molecule has 0 saturated heterocycles. The number of benzene rings is 1. The van der Waals surface area contributed by atoms with Crippen LogP contribution >= 0.6 is 0 Å². The molecule has 0 bridgehead atoms. The predicted octanol–water partition coefficient (Wildman–Crippen LogP) is 2.87. The van der Waals surface area contributed by atoms with Crippen molar-refractivity contribution in [2.24, 2.45) is 11.8 Å². The second kappa shape index (κ2) is 5.17. The molecule has 2 atom stereocenters. The maximum absolute atomic E-state index is 13.3. The molecule has 0 aliphatic carbocycles. The molecule has 0 saturated carbocycles. The van der Waals surface area contributed by atoms with Crippen molar-refractivity contribution < 1.29 is 14.3 Å². The van der Waals surface area contributed by atoms with Gasteiger partial charge in [0.05, 0.1) is 11.6 Å². The number of hydrogen-bond donors (Lipinski definition) is 2. The van der Waals surface area contributed by atoms with Gasteiger partial charge in [0.2, 0.25) is 0 Å². The van der Waals surface area contributed by atoms with Gasteiger partial charge in [0.1, 0.15) is 5.82 Å². The van der Waals surface area contributed by atoms with Crippen molar-refractivity contribution in [2.45, 2.75) is 26.7 Å². The van der Waals surface area contributed by atoms with Crippen LogP contribution < -0.4 is 5.73 Å². The first-order chi connectivity index (χ1) is 7.86. The zero-order valence-electron chi connectivity index (χ0n) is 10.3. The maximum atomic E-state index is 13.3. The molecule has 0 heterocycles. The van der Waals surface area contributed by atoms with Crippen molar-refractivity contribution in [3.8, 4) is 0 Å². The van der Waals surface area contributed by atoms with Crippen molar-refractivity contribution in [3.63, 3.8) is 0 Å². The van der Waals surface area contributed by atoms with Gasteiger partial charge >= 0.3 is 5.97 Å².